The molecule has 1 heterocycles. The number of benzene rings is 1. The van der Waals surface area contributed by atoms with Crippen LogP contribution in [0.5, 0.6) is 0 Å². The summed E-state index contributed by atoms with van der Waals surface area (Å²) >= 11 is 0. The van der Waals surface area contributed by atoms with Crippen LogP contribution in [-0.4, -0.2) is 43.6 Å². The maximum atomic E-state index is 11.7. The number of nitrogens with zero attached hydrogens (tertiary/aromatic N) is 2. The van der Waals surface area contributed by atoms with Crippen molar-refractivity contribution in [2.24, 2.45) is 10.9 Å². The molecule has 26 heavy (non-hydrogen) atoms. The Kier molecular flexibility index (Phi) is 8.18. The molecule has 144 valence electrons. The second kappa shape index (κ2) is 10.1. The topological polar surface area (TPSA) is 53.9 Å². The highest BCUT2D eigenvalue weighted by molar-refractivity contribution is 14.0. The van der Waals surface area contributed by atoms with E-state index in [-0.39, 0.29) is 35.9 Å². The van der Waals surface area contributed by atoms with Crippen molar-refractivity contribution in [2.75, 3.05) is 26.7 Å². The maximum Gasteiger partial charge on any atom is 0.308 e. The number of esters is 1. The number of guanidine groups is 1. The van der Waals surface area contributed by atoms with Gasteiger partial charge < -0.3 is 15.0 Å². The van der Waals surface area contributed by atoms with Crippen LogP contribution in [-0.2, 0) is 28.9 Å². The number of nitrogens with one attached hydrogen (secondary N) is 1. The van der Waals surface area contributed by atoms with E-state index in [9.17, 15) is 4.79 Å². The Morgan fingerprint density at radius 1 is 1.27 bits per heavy atom. The van der Waals surface area contributed by atoms with Gasteiger partial charge >= 0.3 is 5.97 Å². The van der Waals surface area contributed by atoms with E-state index >= 15 is 0 Å². The first kappa shape index (κ1) is 21.0. The molecule has 5 nitrogen and oxygen atoms in total. The number of methoxy groups -OCH3 is 1. The summed E-state index contributed by atoms with van der Waals surface area (Å²) in [7, 11) is 1.47. The second-order valence-corrected chi connectivity index (χ2v) is 6.91. The summed E-state index contributed by atoms with van der Waals surface area (Å²) in [6, 6.07) is 6.79. The van der Waals surface area contributed by atoms with Crippen molar-refractivity contribution in [1.82, 2.24) is 10.2 Å². The van der Waals surface area contributed by atoms with Crippen molar-refractivity contribution >= 4 is 35.9 Å². The lowest BCUT2D eigenvalue weighted by Crippen LogP contribution is -2.46. The molecule has 1 aliphatic carbocycles. The standard InChI is InChI=1S/C20H29N3O2.HI/c1-3-21-20(23-11-9-17(10-12-23)19(24)25-2)22-14-15-7-8-16-5-4-6-18(16)13-15;/h7-8,13,17H,3-6,9-12,14H2,1-2H3,(H,21,22);1H. The van der Waals surface area contributed by atoms with E-state index in [0.717, 1.165) is 38.4 Å². The summed E-state index contributed by atoms with van der Waals surface area (Å²) in [6.45, 7) is 5.32. The van der Waals surface area contributed by atoms with E-state index < -0.39 is 0 Å². The Labute approximate surface area is 173 Å². The van der Waals surface area contributed by atoms with E-state index in [1.165, 1.54) is 43.1 Å². The average molecular weight is 471 g/mol. The molecule has 0 aromatic heterocycles. The lowest BCUT2D eigenvalue weighted by Gasteiger charge is -2.33. The van der Waals surface area contributed by atoms with Gasteiger partial charge in [-0.1, -0.05) is 18.2 Å². The average Bonchev–Trinajstić information content (AvgIpc) is 3.12. The molecule has 6 heteroatoms. The van der Waals surface area contributed by atoms with Crippen LogP contribution < -0.4 is 5.32 Å². The lowest BCUT2D eigenvalue weighted by molar-refractivity contribution is -0.146. The summed E-state index contributed by atoms with van der Waals surface area (Å²) in [5, 5.41) is 3.39. The van der Waals surface area contributed by atoms with Gasteiger partial charge in [-0.05, 0) is 55.7 Å². The quantitative estimate of drug-likeness (QED) is 0.317. The molecule has 0 amide bonds. The molecule has 2 aliphatic rings. The molecule has 0 bridgehead atoms. The van der Waals surface area contributed by atoms with Crippen molar-refractivity contribution in [3.05, 3.63) is 34.9 Å². The number of ether oxygens (including phenoxy) is 1. The van der Waals surface area contributed by atoms with Gasteiger partial charge in [-0.15, -0.1) is 24.0 Å². The van der Waals surface area contributed by atoms with Gasteiger partial charge in [-0.25, -0.2) is 4.99 Å². The van der Waals surface area contributed by atoms with Crippen LogP contribution in [0.2, 0.25) is 0 Å². The fraction of sp³-hybridized carbons (Fsp3) is 0.600. The zero-order valence-electron chi connectivity index (χ0n) is 15.8. The molecule has 1 aliphatic heterocycles. The highest BCUT2D eigenvalue weighted by atomic mass is 127. The molecular weight excluding hydrogens is 441 g/mol. The number of hydrogen-bond acceptors (Lipinski definition) is 3. The summed E-state index contributed by atoms with van der Waals surface area (Å²) < 4.78 is 4.87. The third kappa shape index (κ3) is 5.11. The number of carbonyl (C=O) groups excluding carboxylic acids is 1. The predicted molar refractivity (Wildman–Crippen MR) is 115 cm³/mol. The summed E-state index contributed by atoms with van der Waals surface area (Å²) in [4.78, 5) is 18.8. The van der Waals surface area contributed by atoms with Gasteiger partial charge in [0, 0.05) is 19.6 Å². The van der Waals surface area contributed by atoms with E-state index in [1.807, 2.05) is 0 Å². The summed E-state index contributed by atoms with van der Waals surface area (Å²) in [6.07, 6.45) is 5.36. The molecule has 0 atom stereocenters. The number of halogens is 1. The van der Waals surface area contributed by atoms with Crippen LogP contribution in [0, 0.1) is 5.92 Å². The van der Waals surface area contributed by atoms with Gasteiger partial charge in [-0.3, -0.25) is 4.79 Å². The number of aryl methyl sites for hydroxylation is 2. The molecule has 1 N–H and O–H groups in total. The molecule has 0 unspecified atom stereocenters. The molecule has 0 radical (unpaired) electrons. The molecule has 1 saturated heterocycles. The zero-order chi connectivity index (χ0) is 17.6. The highest BCUT2D eigenvalue weighted by Crippen LogP contribution is 2.23. The third-order valence-corrected chi connectivity index (χ3v) is 5.24. The Morgan fingerprint density at radius 3 is 2.69 bits per heavy atom. The van der Waals surface area contributed by atoms with Crippen LogP contribution in [0.25, 0.3) is 0 Å². The van der Waals surface area contributed by atoms with Gasteiger partial charge in [0.1, 0.15) is 0 Å². The van der Waals surface area contributed by atoms with Crippen molar-refractivity contribution in [2.45, 2.75) is 45.6 Å². The molecule has 1 aromatic carbocycles. The van der Waals surface area contributed by atoms with Crippen molar-refractivity contribution in [3.8, 4) is 0 Å². The largest absolute Gasteiger partial charge is 0.469 e. The Balaban J connectivity index is 0.00000243. The molecular formula is C20H30IN3O2. The number of piperidine rings is 1. The van der Waals surface area contributed by atoms with E-state index in [0.29, 0.717) is 6.54 Å². The van der Waals surface area contributed by atoms with Gasteiger partial charge in [0.05, 0.1) is 19.6 Å². The number of rotatable bonds is 4. The number of aliphatic imine (C=N–C) groups is 1. The third-order valence-electron chi connectivity index (χ3n) is 5.24. The second-order valence-electron chi connectivity index (χ2n) is 6.91. The molecule has 1 fully saturated rings. The van der Waals surface area contributed by atoms with Crippen molar-refractivity contribution in [1.29, 1.82) is 0 Å². The lowest BCUT2D eigenvalue weighted by atomic mass is 9.97. The molecule has 0 spiro atoms. The van der Waals surface area contributed by atoms with E-state index in [1.54, 1.807) is 0 Å². The summed E-state index contributed by atoms with van der Waals surface area (Å²) in [5.74, 6) is 0.895. The minimum atomic E-state index is -0.0836. The fourth-order valence-electron chi connectivity index (χ4n) is 3.81. The Morgan fingerprint density at radius 2 is 2.00 bits per heavy atom. The van der Waals surface area contributed by atoms with Crippen molar-refractivity contribution < 1.29 is 9.53 Å². The van der Waals surface area contributed by atoms with Gasteiger partial charge in [0.2, 0.25) is 0 Å². The van der Waals surface area contributed by atoms with E-state index in [2.05, 4.69) is 35.3 Å². The first-order valence-electron chi connectivity index (χ1n) is 9.43. The van der Waals surface area contributed by atoms with Crippen LogP contribution in [0.4, 0.5) is 0 Å². The zero-order valence-corrected chi connectivity index (χ0v) is 18.1. The van der Waals surface area contributed by atoms with Gasteiger partial charge in [0.15, 0.2) is 5.96 Å². The normalized spacial score (nSPS) is 17.5. The van der Waals surface area contributed by atoms with Crippen LogP contribution >= 0.6 is 24.0 Å². The molecule has 1 aromatic rings. The highest BCUT2D eigenvalue weighted by Gasteiger charge is 2.26. The number of likely N-dealkylation sites (tertiary alicyclic amines) is 1. The maximum absolute atomic E-state index is 11.7. The van der Waals surface area contributed by atoms with Gasteiger partial charge in [-0.2, -0.15) is 0 Å². The van der Waals surface area contributed by atoms with E-state index in [4.69, 9.17) is 9.73 Å². The monoisotopic (exact) mass is 471 g/mol. The molecule has 3 rings (SSSR count). The molecule has 0 saturated carbocycles. The Hall–Kier alpha value is -1.31. The fourth-order valence-corrected chi connectivity index (χ4v) is 3.81. The number of hydrogen-bond donors (Lipinski definition) is 1. The predicted octanol–water partition coefficient (Wildman–Crippen LogP) is 3.14. The first-order chi connectivity index (χ1) is 12.2. The van der Waals surface area contributed by atoms with Crippen LogP contribution in [0.3, 0.4) is 0 Å². The van der Waals surface area contributed by atoms with Gasteiger partial charge in [0.25, 0.3) is 0 Å². The minimum absolute atomic E-state index is 0. The Bertz CT molecular complexity index is 640. The van der Waals surface area contributed by atoms with Crippen LogP contribution in [0.15, 0.2) is 23.2 Å². The first-order valence-corrected chi connectivity index (χ1v) is 9.43. The minimum Gasteiger partial charge on any atom is -0.469 e. The number of carbonyl (C=O) groups is 1. The van der Waals surface area contributed by atoms with Crippen LogP contribution in [0.1, 0.15) is 42.9 Å². The number of fused-ring (bicyclic) bond motifs is 1. The van der Waals surface area contributed by atoms with Crippen molar-refractivity contribution in [3.63, 3.8) is 0 Å². The summed E-state index contributed by atoms with van der Waals surface area (Å²) in [5.41, 5.74) is 4.28. The smallest absolute Gasteiger partial charge is 0.308 e. The SMILES string of the molecule is CCNC(=NCc1ccc2c(c1)CCC2)N1CCC(C(=O)OC)CC1.I.